The predicted octanol–water partition coefficient (Wildman–Crippen LogP) is 4.91. The molecule has 1 aliphatic heterocycles. The molecule has 0 atom stereocenters. The molecule has 110 valence electrons. The molecule has 2 aromatic carbocycles. The van der Waals surface area contributed by atoms with E-state index in [1.165, 1.54) is 5.01 Å². The minimum absolute atomic E-state index is 0.143. The average molecular weight is 376 g/mol. The Morgan fingerprint density at radius 2 is 1.82 bits per heavy atom. The number of carbonyl (C=O) groups is 1. The van der Waals surface area contributed by atoms with Gasteiger partial charge in [-0.3, -0.25) is 4.79 Å². The van der Waals surface area contributed by atoms with Gasteiger partial charge in [0.15, 0.2) is 0 Å². The van der Waals surface area contributed by atoms with Gasteiger partial charge in [-0.2, -0.15) is 10.1 Å². The molecular formula is C17H12BrClN2O. The Hall–Kier alpha value is -1.91. The van der Waals surface area contributed by atoms with Gasteiger partial charge in [-0.15, -0.1) is 0 Å². The van der Waals surface area contributed by atoms with E-state index in [1.807, 2.05) is 37.3 Å². The fourth-order valence-electron chi connectivity index (χ4n) is 2.19. The van der Waals surface area contributed by atoms with Crippen LogP contribution < -0.4 is 5.01 Å². The maximum Gasteiger partial charge on any atom is 0.280 e. The van der Waals surface area contributed by atoms with Crippen molar-refractivity contribution in [3.8, 4) is 0 Å². The quantitative estimate of drug-likeness (QED) is 0.687. The second-order valence-electron chi connectivity index (χ2n) is 4.86. The van der Waals surface area contributed by atoms with Crippen LogP contribution in [0.1, 0.15) is 12.5 Å². The molecule has 0 unspecified atom stereocenters. The van der Waals surface area contributed by atoms with Crippen molar-refractivity contribution in [1.82, 2.24) is 0 Å². The first kappa shape index (κ1) is 15.0. The normalized spacial score (nSPS) is 16.3. The summed E-state index contributed by atoms with van der Waals surface area (Å²) in [6, 6.07) is 14.8. The highest BCUT2D eigenvalue weighted by atomic mass is 79.9. The van der Waals surface area contributed by atoms with Crippen LogP contribution >= 0.6 is 27.5 Å². The van der Waals surface area contributed by atoms with Gasteiger partial charge in [0, 0.05) is 9.50 Å². The van der Waals surface area contributed by atoms with E-state index in [-0.39, 0.29) is 5.91 Å². The number of hydrazone groups is 1. The topological polar surface area (TPSA) is 32.7 Å². The molecule has 2 aromatic rings. The first-order valence-corrected chi connectivity index (χ1v) is 7.85. The van der Waals surface area contributed by atoms with Crippen LogP contribution in [0.5, 0.6) is 0 Å². The SMILES string of the molecule is CC1=NN(c2ccc(Cl)cc2)C(=O)C1=Cc1ccccc1Br. The van der Waals surface area contributed by atoms with Gasteiger partial charge >= 0.3 is 0 Å². The lowest BCUT2D eigenvalue weighted by atomic mass is 10.1. The van der Waals surface area contributed by atoms with Gasteiger partial charge in [0.1, 0.15) is 0 Å². The van der Waals surface area contributed by atoms with E-state index in [4.69, 9.17) is 11.6 Å². The third-order valence-corrected chi connectivity index (χ3v) is 4.31. The molecule has 1 aliphatic rings. The minimum Gasteiger partial charge on any atom is -0.267 e. The van der Waals surface area contributed by atoms with E-state index in [2.05, 4.69) is 21.0 Å². The number of anilines is 1. The number of benzene rings is 2. The van der Waals surface area contributed by atoms with Crippen LogP contribution in [0.3, 0.4) is 0 Å². The van der Waals surface area contributed by atoms with Crippen LogP contribution in [0.4, 0.5) is 5.69 Å². The maximum atomic E-state index is 12.6. The van der Waals surface area contributed by atoms with Crippen molar-refractivity contribution in [3.63, 3.8) is 0 Å². The Labute approximate surface area is 142 Å². The van der Waals surface area contributed by atoms with Gasteiger partial charge in [-0.25, -0.2) is 0 Å². The van der Waals surface area contributed by atoms with Crippen molar-refractivity contribution >= 4 is 50.9 Å². The first-order chi connectivity index (χ1) is 10.6. The Morgan fingerprint density at radius 1 is 1.14 bits per heavy atom. The summed E-state index contributed by atoms with van der Waals surface area (Å²) in [6.45, 7) is 1.83. The molecule has 1 amide bonds. The molecule has 1 heterocycles. The van der Waals surface area contributed by atoms with Crippen LogP contribution in [0.2, 0.25) is 5.02 Å². The monoisotopic (exact) mass is 374 g/mol. The second kappa shape index (κ2) is 6.07. The zero-order valence-corrected chi connectivity index (χ0v) is 14.1. The highest BCUT2D eigenvalue weighted by molar-refractivity contribution is 9.10. The number of carbonyl (C=O) groups excluding carboxylic acids is 1. The van der Waals surface area contributed by atoms with Crippen molar-refractivity contribution in [2.75, 3.05) is 5.01 Å². The largest absolute Gasteiger partial charge is 0.280 e. The molecule has 22 heavy (non-hydrogen) atoms. The first-order valence-electron chi connectivity index (χ1n) is 6.68. The zero-order chi connectivity index (χ0) is 15.7. The molecule has 0 fully saturated rings. The van der Waals surface area contributed by atoms with Crippen molar-refractivity contribution in [3.05, 3.63) is 69.2 Å². The van der Waals surface area contributed by atoms with Crippen LogP contribution in [0.25, 0.3) is 6.08 Å². The molecule has 3 nitrogen and oxygen atoms in total. The molecule has 0 saturated heterocycles. The minimum atomic E-state index is -0.143. The summed E-state index contributed by atoms with van der Waals surface area (Å²) in [5, 5.41) is 6.37. The summed E-state index contributed by atoms with van der Waals surface area (Å²) in [4.78, 5) is 12.6. The summed E-state index contributed by atoms with van der Waals surface area (Å²) in [6.07, 6.45) is 1.85. The van der Waals surface area contributed by atoms with Crippen LogP contribution in [-0.2, 0) is 4.79 Å². The Balaban J connectivity index is 1.97. The van der Waals surface area contributed by atoms with Crippen molar-refractivity contribution in [2.45, 2.75) is 6.92 Å². The Kier molecular flexibility index (Phi) is 4.14. The summed E-state index contributed by atoms with van der Waals surface area (Å²) < 4.78 is 0.938. The summed E-state index contributed by atoms with van der Waals surface area (Å²) in [7, 11) is 0. The van der Waals surface area contributed by atoms with Crippen molar-refractivity contribution in [1.29, 1.82) is 0 Å². The molecule has 5 heteroatoms. The average Bonchev–Trinajstić information content (AvgIpc) is 2.78. The number of hydrogen-bond donors (Lipinski definition) is 0. The molecular weight excluding hydrogens is 364 g/mol. The van der Waals surface area contributed by atoms with Gasteiger partial charge in [0.25, 0.3) is 5.91 Å². The fraction of sp³-hybridized carbons (Fsp3) is 0.0588. The van der Waals surface area contributed by atoms with Gasteiger partial charge in [-0.1, -0.05) is 45.7 Å². The smallest absolute Gasteiger partial charge is 0.267 e. The highest BCUT2D eigenvalue weighted by Gasteiger charge is 2.28. The third-order valence-electron chi connectivity index (χ3n) is 3.34. The van der Waals surface area contributed by atoms with E-state index >= 15 is 0 Å². The standard InChI is InChI=1S/C17H12BrClN2O/c1-11-15(10-12-4-2-3-5-16(12)18)17(22)21(20-11)14-8-6-13(19)7-9-14/h2-10H,1H3. The molecule has 0 aliphatic carbocycles. The van der Waals surface area contributed by atoms with Gasteiger partial charge < -0.3 is 0 Å². The Bertz CT molecular complexity index is 797. The zero-order valence-electron chi connectivity index (χ0n) is 11.8. The predicted molar refractivity (Wildman–Crippen MR) is 94.2 cm³/mol. The summed E-state index contributed by atoms with van der Waals surface area (Å²) >= 11 is 9.37. The van der Waals surface area contributed by atoms with Gasteiger partial charge in [0.2, 0.25) is 0 Å². The van der Waals surface area contributed by atoms with E-state index in [0.717, 1.165) is 10.0 Å². The molecule has 3 rings (SSSR count). The Morgan fingerprint density at radius 3 is 2.50 bits per heavy atom. The van der Waals surface area contributed by atoms with Crippen molar-refractivity contribution in [2.24, 2.45) is 5.10 Å². The summed E-state index contributed by atoms with van der Waals surface area (Å²) in [5.41, 5.74) is 2.92. The van der Waals surface area contributed by atoms with Crippen molar-refractivity contribution < 1.29 is 4.79 Å². The molecule has 0 radical (unpaired) electrons. The number of rotatable bonds is 2. The third kappa shape index (κ3) is 2.85. The van der Waals surface area contributed by atoms with Gasteiger partial charge in [-0.05, 0) is 48.9 Å². The van der Waals surface area contributed by atoms with Gasteiger partial charge in [0.05, 0.1) is 17.0 Å². The molecule has 0 aromatic heterocycles. The molecule has 0 spiro atoms. The highest BCUT2D eigenvalue weighted by Crippen LogP contribution is 2.27. The number of nitrogens with zero attached hydrogens (tertiary/aromatic N) is 2. The molecule has 0 N–H and O–H groups in total. The van der Waals surface area contributed by atoms with E-state index < -0.39 is 0 Å². The van der Waals surface area contributed by atoms with Crippen LogP contribution in [0, 0.1) is 0 Å². The molecule has 0 saturated carbocycles. The van der Waals surface area contributed by atoms with E-state index in [9.17, 15) is 4.79 Å². The lowest BCUT2D eigenvalue weighted by Crippen LogP contribution is -2.21. The van der Waals surface area contributed by atoms with E-state index in [0.29, 0.717) is 22.0 Å². The van der Waals surface area contributed by atoms with E-state index in [1.54, 1.807) is 24.3 Å². The molecule has 0 bridgehead atoms. The summed E-state index contributed by atoms with van der Waals surface area (Å²) in [5.74, 6) is -0.143. The number of halogens is 2. The van der Waals surface area contributed by atoms with Crippen LogP contribution in [-0.4, -0.2) is 11.6 Å². The lowest BCUT2D eigenvalue weighted by molar-refractivity contribution is -0.114. The lowest BCUT2D eigenvalue weighted by Gasteiger charge is -2.11. The van der Waals surface area contributed by atoms with Crippen LogP contribution in [0.15, 0.2) is 63.7 Å². The fourth-order valence-corrected chi connectivity index (χ4v) is 2.71. The second-order valence-corrected chi connectivity index (χ2v) is 6.15. The maximum absolute atomic E-state index is 12.6. The number of amides is 1. The number of hydrogen-bond acceptors (Lipinski definition) is 2.